The maximum Gasteiger partial charge on any atom is 0.0969 e. The molecule has 0 fully saturated rings. The van der Waals surface area contributed by atoms with Gasteiger partial charge in [0.15, 0.2) is 0 Å². The maximum absolute atomic E-state index is 4.17. The highest BCUT2D eigenvalue weighted by Gasteiger charge is 2.04. The molecular weight excluding hydrogens is 224 g/mol. The number of nitrogens with zero attached hydrogens (tertiary/aromatic N) is 3. The standard InChI is InChI=1S/C14H20N4/c1-4-12-8-14(7-6-11(12)3)18-10-13(16-17-18)9-15-5-2/h6-8,10,15H,4-5,9H2,1-3H3. The zero-order valence-corrected chi connectivity index (χ0v) is 11.3. The summed E-state index contributed by atoms with van der Waals surface area (Å²) >= 11 is 0. The Labute approximate surface area is 108 Å². The Morgan fingerprint density at radius 3 is 2.83 bits per heavy atom. The van der Waals surface area contributed by atoms with E-state index >= 15 is 0 Å². The van der Waals surface area contributed by atoms with Crippen molar-refractivity contribution in [2.24, 2.45) is 0 Å². The minimum absolute atomic E-state index is 0.767. The normalized spacial score (nSPS) is 10.8. The van der Waals surface area contributed by atoms with Gasteiger partial charge in [0, 0.05) is 6.54 Å². The lowest BCUT2D eigenvalue weighted by atomic mass is 10.1. The highest BCUT2D eigenvalue weighted by Crippen LogP contribution is 2.14. The van der Waals surface area contributed by atoms with Crippen molar-refractivity contribution < 1.29 is 0 Å². The van der Waals surface area contributed by atoms with Crippen molar-refractivity contribution in [2.75, 3.05) is 6.54 Å². The fourth-order valence-corrected chi connectivity index (χ4v) is 1.94. The summed E-state index contributed by atoms with van der Waals surface area (Å²) in [5, 5.41) is 11.6. The molecule has 1 heterocycles. The molecule has 0 unspecified atom stereocenters. The van der Waals surface area contributed by atoms with E-state index in [9.17, 15) is 0 Å². The highest BCUT2D eigenvalue weighted by molar-refractivity contribution is 5.39. The molecule has 0 aliphatic heterocycles. The zero-order valence-electron chi connectivity index (χ0n) is 11.3. The van der Waals surface area contributed by atoms with Crippen LogP contribution in [0.4, 0.5) is 0 Å². The summed E-state index contributed by atoms with van der Waals surface area (Å²) in [6.07, 6.45) is 3.02. The number of benzene rings is 1. The van der Waals surface area contributed by atoms with E-state index in [1.807, 2.05) is 10.9 Å². The van der Waals surface area contributed by atoms with Gasteiger partial charge >= 0.3 is 0 Å². The predicted octanol–water partition coefficient (Wildman–Crippen LogP) is 2.25. The summed E-state index contributed by atoms with van der Waals surface area (Å²) in [5.41, 5.74) is 4.73. The van der Waals surface area contributed by atoms with Gasteiger partial charge in [-0.1, -0.05) is 25.1 Å². The van der Waals surface area contributed by atoms with Crippen LogP contribution >= 0.6 is 0 Å². The van der Waals surface area contributed by atoms with E-state index < -0.39 is 0 Å². The Balaban J connectivity index is 2.23. The molecule has 96 valence electrons. The quantitative estimate of drug-likeness (QED) is 0.877. The van der Waals surface area contributed by atoms with Crippen LogP contribution in [0.2, 0.25) is 0 Å². The number of hydrogen-bond donors (Lipinski definition) is 1. The minimum Gasteiger partial charge on any atom is -0.311 e. The van der Waals surface area contributed by atoms with Gasteiger partial charge in [0.05, 0.1) is 17.6 Å². The summed E-state index contributed by atoms with van der Waals surface area (Å²) in [7, 11) is 0. The molecule has 0 radical (unpaired) electrons. The van der Waals surface area contributed by atoms with Crippen molar-refractivity contribution in [1.29, 1.82) is 0 Å². The van der Waals surface area contributed by atoms with Crippen molar-refractivity contribution in [2.45, 2.75) is 33.7 Å². The topological polar surface area (TPSA) is 42.7 Å². The molecule has 2 aromatic rings. The Kier molecular flexibility index (Phi) is 4.10. The third-order valence-electron chi connectivity index (χ3n) is 3.08. The van der Waals surface area contributed by atoms with Crippen LogP contribution in [0.3, 0.4) is 0 Å². The number of aromatic nitrogens is 3. The van der Waals surface area contributed by atoms with Crippen LogP contribution in [0.5, 0.6) is 0 Å². The van der Waals surface area contributed by atoms with Gasteiger partial charge in [0.2, 0.25) is 0 Å². The van der Waals surface area contributed by atoms with E-state index in [-0.39, 0.29) is 0 Å². The summed E-state index contributed by atoms with van der Waals surface area (Å²) in [6.45, 7) is 8.10. The minimum atomic E-state index is 0.767. The summed E-state index contributed by atoms with van der Waals surface area (Å²) in [6, 6.07) is 6.40. The molecule has 0 atom stereocenters. The Morgan fingerprint density at radius 1 is 1.28 bits per heavy atom. The Hall–Kier alpha value is -1.68. The Bertz CT molecular complexity index is 516. The average Bonchev–Trinajstić information content (AvgIpc) is 2.85. The molecule has 0 aliphatic rings. The first-order chi connectivity index (χ1) is 8.74. The molecule has 0 spiro atoms. The lowest BCUT2D eigenvalue weighted by molar-refractivity contribution is 0.705. The Morgan fingerprint density at radius 2 is 2.11 bits per heavy atom. The van der Waals surface area contributed by atoms with Crippen LogP contribution in [0, 0.1) is 6.92 Å². The van der Waals surface area contributed by atoms with Crippen LogP contribution in [0.1, 0.15) is 30.7 Å². The molecule has 0 saturated carbocycles. The van der Waals surface area contributed by atoms with Crippen LogP contribution in [-0.4, -0.2) is 21.5 Å². The predicted molar refractivity (Wildman–Crippen MR) is 72.9 cm³/mol. The molecule has 4 heteroatoms. The van der Waals surface area contributed by atoms with E-state index in [1.54, 1.807) is 0 Å². The van der Waals surface area contributed by atoms with Crippen molar-refractivity contribution >= 4 is 0 Å². The highest BCUT2D eigenvalue weighted by atomic mass is 15.4. The lowest BCUT2D eigenvalue weighted by Gasteiger charge is -2.06. The molecule has 0 aliphatic carbocycles. The molecule has 1 aromatic heterocycles. The van der Waals surface area contributed by atoms with Crippen LogP contribution in [0.25, 0.3) is 5.69 Å². The number of hydrogen-bond acceptors (Lipinski definition) is 3. The third kappa shape index (κ3) is 2.76. The molecule has 2 rings (SSSR count). The van der Waals surface area contributed by atoms with Crippen LogP contribution in [0.15, 0.2) is 24.4 Å². The first kappa shape index (κ1) is 12.8. The SMILES string of the molecule is CCNCc1cn(-c2ccc(C)c(CC)c2)nn1. The molecule has 0 amide bonds. The summed E-state index contributed by atoms with van der Waals surface area (Å²) in [5.74, 6) is 0. The van der Waals surface area contributed by atoms with Crippen LogP contribution in [-0.2, 0) is 13.0 Å². The molecule has 0 bridgehead atoms. The van der Waals surface area contributed by atoms with Crippen LogP contribution < -0.4 is 5.32 Å². The van der Waals surface area contributed by atoms with Gasteiger partial charge in [0.25, 0.3) is 0 Å². The van der Waals surface area contributed by atoms with Gasteiger partial charge in [-0.15, -0.1) is 5.10 Å². The molecular formula is C14H20N4. The first-order valence-corrected chi connectivity index (χ1v) is 6.46. The zero-order chi connectivity index (χ0) is 13.0. The third-order valence-corrected chi connectivity index (χ3v) is 3.08. The molecule has 0 saturated heterocycles. The molecule has 18 heavy (non-hydrogen) atoms. The molecule has 1 N–H and O–H groups in total. The monoisotopic (exact) mass is 244 g/mol. The van der Waals surface area contributed by atoms with Crippen molar-refractivity contribution in [3.05, 3.63) is 41.2 Å². The average molecular weight is 244 g/mol. The van der Waals surface area contributed by atoms with Gasteiger partial charge in [-0.05, 0) is 43.1 Å². The fourth-order valence-electron chi connectivity index (χ4n) is 1.94. The van der Waals surface area contributed by atoms with E-state index in [2.05, 4.69) is 54.6 Å². The van der Waals surface area contributed by atoms with Gasteiger partial charge in [-0.25, -0.2) is 4.68 Å². The van der Waals surface area contributed by atoms with Gasteiger partial charge in [0.1, 0.15) is 0 Å². The van der Waals surface area contributed by atoms with Crippen molar-refractivity contribution in [3.8, 4) is 5.69 Å². The second-order valence-corrected chi connectivity index (χ2v) is 4.40. The number of rotatable bonds is 5. The van der Waals surface area contributed by atoms with E-state index in [1.165, 1.54) is 11.1 Å². The lowest BCUT2D eigenvalue weighted by Crippen LogP contribution is -2.11. The molecule has 1 aromatic carbocycles. The molecule has 4 nitrogen and oxygen atoms in total. The number of aryl methyl sites for hydroxylation is 2. The van der Waals surface area contributed by atoms with Gasteiger partial charge < -0.3 is 5.32 Å². The second-order valence-electron chi connectivity index (χ2n) is 4.40. The largest absolute Gasteiger partial charge is 0.311 e. The van der Waals surface area contributed by atoms with E-state index in [0.717, 1.165) is 30.9 Å². The first-order valence-electron chi connectivity index (χ1n) is 6.46. The van der Waals surface area contributed by atoms with E-state index in [0.29, 0.717) is 0 Å². The summed E-state index contributed by atoms with van der Waals surface area (Å²) < 4.78 is 1.84. The van der Waals surface area contributed by atoms with Crippen molar-refractivity contribution in [1.82, 2.24) is 20.3 Å². The van der Waals surface area contributed by atoms with Crippen molar-refractivity contribution in [3.63, 3.8) is 0 Å². The second kappa shape index (κ2) is 5.78. The maximum atomic E-state index is 4.17. The van der Waals surface area contributed by atoms with Gasteiger partial charge in [-0.2, -0.15) is 0 Å². The van der Waals surface area contributed by atoms with Gasteiger partial charge in [-0.3, -0.25) is 0 Å². The van der Waals surface area contributed by atoms with E-state index in [4.69, 9.17) is 0 Å². The smallest absolute Gasteiger partial charge is 0.0969 e. The number of nitrogens with one attached hydrogen (secondary N) is 1. The summed E-state index contributed by atoms with van der Waals surface area (Å²) in [4.78, 5) is 0. The fraction of sp³-hybridized carbons (Fsp3) is 0.429.